The van der Waals surface area contributed by atoms with Gasteiger partial charge in [-0.15, -0.1) is 0 Å². The highest BCUT2D eigenvalue weighted by Gasteiger charge is 1.90. The number of oxime groups is 1. The molecule has 11 heavy (non-hydrogen) atoms. The molecule has 1 heterocycles. The molecule has 1 rings (SSSR count). The second-order valence-corrected chi connectivity index (χ2v) is 1.83. The summed E-state index contributed by atoms with van der Waals surface area (Å²) in [4.78, 5) is 3.75. The average Bonchev–Trinajstić information content (AvgIpc) is 2.07. The van der Waals surface area contributed by atoms with E-state index in [1.165, 1.54) is 12.4 Å². The van der Waals surface area contributed by atoms with E-state index in [-0.39, 0.29) is 0 Å². The van der Waals surface area contributed by atoms with Crippen LogP contribution < -0.4 is 0 Å². The Morgan fingerprint density at radius 2 is 2.45 bits per heavy atom. The van der Waals surface area contributed by atoms with Crippen LogP contribution in [0, 0.1) is 11.3 Å². The predicted molar refractivity (Wildman–Crippen MR) is 38.3 cm³/mol. The van der Waals surface area contributed by atoms with Gasteiger partial charge in [0.1, 0.15) is 11.8 Å². The van der Waals surface area contributed by atoms with Crippen LogP contribution in [-0.4, -0.2) is 16.4 Å². The fraction of sp³-hybridized carbons (Fsp3) is 0. The van der Waals surface area contributed by atoms with E-state index in [9.17, 15) is 0 Å². The minimum Gasteiger partial charge on any atom is -0.411 e. The van der Waals surface area contributed by atoms with Crippen LogP contribution in [0.4, 0.5) is 0 Å². The van der Waals surface area contributed by atoms with E-state index in [2.05, 4.69) is 10.1 Å². The molecule has 4 nitrogen and oxygen atoms in total. The van der Waals surface area contributed by atoms with Crippen molar-refractivity contribution in [3.05, 3.63) is 29.6 Å². The third-order valence-electron chi connectivity index (χ3n) is 1.11. The molecule has 1 N–H and O–H groups in total. The van der Waals surface area contributed by atoms with Crippen molar-refractivity contribution in [1.82, 2.24) is 4.98 Å². The second kappa shape index (κ2) is 3.32. The van der Waals surface area contributed by atoms with Gasteiger partial charge >= 0.3 is 0 Å². The lowest BCUT2D eigenvalue weighted by molar-refractivity contribution is 0.322. The van der Waals surface area contributed by atoms with Crippen molar-refractivity contribution >= 4 is 6.21 Å². The van der Waals surface area contributed by atoms with E-state index in [0.717, 1.165) is 0 Å². The van der Waals surface area contributed by atoms with Gasteiger partial charge in [-0.3, -0.25) is 0 Å². The van der Waals surface area contributed by atoms with Gasteiger partial charge in [-0.25, -0.2) is 4.98 Å². The van der Waals surface area contributed by atoms with E-state index in [0.29, 0.717) is 11.3 Å². The molecule has 0 aliphatic rings. The minimum atomic E-state index is 0.347. The fourth-order valence-electron chi connectivity index (χ4n) is 0.614. The average molecular weight is 147 g/mol. The highest BCUT2D eigenvalue weighted by atomic mass is 16.4. The first kappa shape index (κ1) is 7.22. The van der Waals surface area contributed by atoms with E-state index >= 15 is 0 Å². The Labute approximate surface area is 63.4 Å². The summed E-state index contributed by atoms with van der Waals surface area (Å²) in [6.07, 6.45) is 2.70. The third-order valence-corrected chi connectivity index (χ3v) is 1.11. The van der Waals surface area contributed by atoms with Crippen LogP contribution in [0.25, 0.3) is 0 Å². The molecule has 0 atom stereocenters. The number of nitrogens with zero attached hydrogens (tertiary/aromatic N) is 3. The molecule has 0 saturated heterocycles. The predicted octanol–water partition coefficient (Wildman–Crippen LogP) is 0.761. The maximum Gasteiger partial charge on any atom is 0.140 e. The highest BCUT2D eigenvalue weighted by Crippen LogP contribution is 1.95. The van der Waals surface area contributed by atoms with E-state index in [4.69, 9.17) is 10.5 Å². The second-order valence-electron chi connectivity index (χ2n) is 1.83. The van der Waals surface area contributed by atoms with Crippen LogP contribution >= 0.6 is 0 Å². The Morgan fingerprint density at radius 1 is 1.64 bits per heavy atom. The lowest BCUT2D eigenvalue weighted by Gasteiger charge is -1.88. The summed E-state index contributed by atoms with van der Waals surface area (Å²) in [5.74, 6) is 0. The maximum absolute atomic E-state index is 8.36. The summed E-state index contributed by atoms with van der Waals surface area (Å²) in [5.41, 5.74) is 1.01. The van der Waals surface area contributed by atoms with Gasteiger partial charge in [-0.05, 0) is 12.1 Å². The number of nitriles is 1. The van der Waals surface area contributed by atoms with Gasteiger partial charge in [0.15, 0.2) is 0 Å². The van der Waals surface area contributed by atoms with Crippen molar-refractivity contribution in [2.24, 2.45) is 5.16 Å². The molecule has 0 aromatic carbocycles. The Kier molecular flexibility index (Phi) is 2.18. The van der Waals surface area contributed by atoms with Gasteiger partial charge in [0.05, 0.1) is 6.21 Å². The quantitative estimate of drug-likeness (QED) is 0.362. The van der Waals surface area contributed by atoms with E-state index in [1.807, 2.05) is 6.07 Å². The zero-order chi connectivity index (χ0) is 8.10. The van der Waals surface area contributed by atoms with Crippen LogP contribution in [-0.2, 0) is 0 Å². The van der Waals surface area contributed by atoms with Crippen LogP contribution in [0.1, 0.15) is 11.3 Å². The van der Waals surface area contributed by atoms with Gasteiger partial charge in [-0.2, -0.15) is 5.26 Å². The molecule has 1 aromatic rings. The minimum absolute atomic E-state index is 0.347. The normalized spacial score (nSPS) is 9.73. The Hall–Kier alpha value is -1.89. The molecular weight excluding hydrogens is 142 g/mol. The topological polar surface area (TPSA) is 69.3 Å². The molecule has 0 amide bonds. The molecular formula is C7H5N3O. The number of aromatic nitrogens is 1. The van der Waals surface area contributed by atoms with Crippen molar-refractivity contribution < 1.29 is 5.21 Å². The molecule has 0 bridgehead atoms. The van der Waals surface area contributed by atoms with Crippen molar-refractivity contribution in [3.63, 3.8) is 0 Å². The van der Waals surface area contributed by atoms with Crippen LogP contribution in [0.3, 0.4) is 0 Å². The number of rotatable bonds is 1. The van der Waals surface area contributed by atoms with Crippen molar-refractivity contribution in [3.8, 4) is 6.07 Å². The van der Waals surface area contributed by atoms with E-state index in [1.54, 1.807) is 12.1 Å². The van der Waals surface area contributed by atoms with Crippen molar-refractivity contribution in [2.45, 2.75) is 0 Å². The fourth-order valence-corrected chi connectivity index (χ4v) is 0.614. The summed E-state index contributed by atoms with van der Waals surface area (Å²) in [5, 5.41) is 19.3. The van der Waals surface area contributed by atoms with Gasteiger partial charge in [0.2, 0.25) is 0 Å². The monoisotopic (exact) mass is 147 g/mol. The molecule has 54 valence electrons. The molecule has 0 unspecified atom stereocenters. The highest BCUT2D eigenvalue weighted by molar-refractivity contribution is 5.78. The van der Waals surface area contributed by atoms with Crippen molar-refractivity contribution in [1.29, 1.82) is 5.26 Å². The first-order valence-corrected chi connectivity index (χ1v) is 2.90. The summed E-state index contributed by atoms with van der Waals surface area (Å²) in [6, 6.07) is 5.07. The number of hydrogen-bond acceptors (Lipinski definition) is 4. The zero-order valence-electron chi connectivity index (χ0n) is 5.60. The summed E-state index contributed by atoms with van der Waals surface area (Å²) in [6.45, 7) is 0. The van der Waals surface area contributed by atoms with Gasteiger partial charge in [0, 0.05) is 11.8 Å². The molecule has 0 radical (unpaired) electrons. The summed E-state index contributed by atoms with van der Waals surface area (Å²) >= 11 is 0. The standard InChI is InChI=1S/C7H5N3O/c8-3-7-2-1-6(4-9-7)5-10-11/h1-2,4-5,11H/b10-5+. The Balaban J connectivity index is 2.94. The Bertz CT molecular complexity index is 296. The molecule has 0 fully saturated rings. The SMILES string of the molecule is N#Cc1ccc(/C=N/O)cn1. The van der Waals surface area contributed by atoms with Crippen LogP contribution in [0.15, 0.2) is 23.5 Å². The largest absolute Gasteiger partial charge is 0.411 e. The lowest BCUT2D eigenvalue weighted by atomic mass is 10.3. The van der Waals surface area contributed by atoms with Crippen LogP contribution in [0.5, 0.6) is 0 Å². The zero-order valence-corrected chi connectivity index (χ0v) is 5.60. The summed E-state index contributed by atoms with van der Waals surface area (Å²) < 4.78 is 0. The molecule has 0 spiro atoms. The molecule has 0 aliphatic carbocycles. The Morgan fingerprint density at radius 3 is 2.91 bits per heavy atom. The summed E-state index contributed by atoms with van der Waals surface area (Å²) in [7, 11) is 0. The van der Waals surface area contributed by atoms with Gasteiger partial charge in [0.25, 0.3) is 0 Å². The van der Waals surface area contributed by atoms with Crippen LogP contribution in [0.2, 0.25) is 0 Å². The van der Waals surface area contributed by atoms with Gasteiger partial charge < -0.3 is 5.21 Å². The smallest absolute Gasteiger partial charge is 0.140 e. The molecule has 0 aliphatic heterocycles. The maximum atomic E-state index is 8.36. The number of hydrogen-bond donors (Lipinski definition) is 1. The molecule has 4 heteroatoms. The van der Waals surface area contributed by atoms with Gasteiger partial charge in [-0.1, -0.05) is 5.16 Å². The molecule has 1 aromatic heterocycles. The lowest BCUT2D eigenvalue weighted by Crippen LogP contribution is -1.85. The van der Waals surface area contributed by atoms with E-state index < -0.39 is 0 Å². The number of pyridine rings is 1. The third kappa shape index (κ3) is 1.76. The first-order chi connectivity index (χ1) is 5.36. The van der Waals surface area contributed by atoms with Crippen molar-refractivity contribution in [2.75, 3.05) is 0 Å². The molecule has 0 saturated carbocycles. The first-order valence-electron chi connectivity index (χ1n) is 2.90.